The molecule has 0 unspecified atom stereocenters. The Hall–Kier alpha value is -2.74. The van der Waals surface area contributed by atoms with Crippen LogP contribution in [0.15, 0.2) is 71.6 Å². The van der Waals surface area contributed by atoms with Crippen molar-refractivity contribution in [2.75, 3.05) is 17.1 Å². The van der Waals surface area contributed by atoms with E-state index in [4.69, 9.17) is 27.9 Å². The van der Waals surface area contributed by atoms with Crippen molar-refractivity contribution in [3.63, 3.8) is 0 Å². The van der Waals surface area contributed by atoms with Gasteiger partial charge < -0.3 is 10.1 Å². The van der Waals surface area contributed by atoms with Crippen molar-refractivity contribution < 1.29 is 17.9 Å². The molecule has 3 aromatic rings. The zero-order valence-electron chi connectivity index (χ0n) is 15.1. The number of rotatable bonds is 6. The van der Waals surface area contributed by atoms with Crippen LogP contribution in [0.1, 0.15) is 10.4 Å². The molecule has 0 radical (unpaired) electrons. The van der Waals surface area contributed by atoms with Crippen LogP contribution in [0.5, 0.6) is 5.75 Å². The molecule has 0 aliphatic heterocycles. The average molecular weight is 451 g/mol. The van der Waals surface area contributed by atoms with E-state index in [1.807, 2.05) is 0 Å². The first-order valence-corrected chi connectivity index (χ1v) is 10.6. The van der Waals surface area contributed by atoms with Crippen molar-refractivity contribution in [2.45, 2.75) is 4.90 Å². The van der Waals surface area contributed by atoms with E-state index in [2.05, 4.69) is 10.0 Å². The van der Waals surface area contributed by atoms with E-state index in [0.29, 0.717) is 11.4 Å². The number of anilines is 2. The molecule has 0 atom stereocenters. The van der Waals surface area contributed by atoms with E-state index in [1.165, 1.54) is 37.4 Å². The Labute approximate surface area is 178 Å². The van der Waals surface area contributed by atoms with Gasteiger partial charge in [0.25, 0.3) is 15.9 Å². The minimum Gasteiger partial charge on any atom is -0.495 e. The number of ether oxygens (including phenoxy) is 1. The highest BCUT2D eigenvalue weighted by molar-refractivity contribution is 7.92. The van der Waals surface area contributed by atoms with Crippen molar-refractivity contribution in [1.82, 2.24) is 0 Å². The third-order valence-electron chi connectivity index (χ3n) is 3.91. The molecule has 0 saturated carbocycles. The number of hydrogen-bond donors (Lipinski definition) is 2. The summed E-state index contributed by atoms with van der Waals surface area (Å²) in [4.78, 5) is 12.4. The van der Waals surface area contributed by atoms with Crippen LogP contribution in [-0.4, -0.2) is 21.4 Å². The Morgan fingerprint density at radius 1 is 0.966 bits per heavy atom. The molecule has 2 N–H and O–H groups in total. The number of carbonyl (C=O) groups excluding carboxylic acids is 1. The lowest BCUT2D eigenvalue weighted by Gasteiger charge is -2.12. The Balaban J connectivity index is 1.84. The number of hydrogen-bond acceptors (Lipinski definition) is 4. The van der Waals surface area contributed by atoms with Crippen LogP contribution in [0.3, 0.4) is 0 Å². The highest BCUT2D eigenvalue weighted by atomic mass is 35.5. The van der Waals surface area contributed by atoms with Gasteiger partial charge in [-0.1, -0.05) is 41.4 Å². The number of amides is 1. The first-order chi connectivity index (χ1) is 13.8. The maximum absolute atomic E-state index is 12.7. The number of sulfonamides is 1. The first-order valence-electron chi connectivity index (χ1n) is 8.32. The highest BCUT2D eigenvalue weighted by Gasteiger charge is 2.19. The predicted octanol–water partition coefficient (Wildman–Crippen LogP) is 5.06. The number of carbonyl (C=O) groups is 1. The van der Waals surface area contributed by atoms with Gasteiger partial charge >= 0.3 is 0 Å². The van der Waals surface area contributed by atoms with Gasteiger partial charge in [0.1, 0.15) is 10.6 Å². The smallest absolute Gasteiger partial charge is 0.263 e. The molecular weight excluding hydrogens is 435 g/mol. The van der Waals surface area contributed by atoms with E-state index in [-0.39, 0.29) is 26.2 Å². The molecule has 0 aliphatic rings. The normalized spacial score (nSPS) is 11.0. The standard InChI is InChI=1S/C20H16Cl2N2O4S/c1-28-18-8-3-2-7-17(18)23-20(25)13-5-4-6-15(11-13)24-29(26,27)19-12-14(21)9-10-16(19)22/h2-12,24H,1H3,(H,23,25). The summed E-state index contributed by atoms with van der Waals surface area (Å²) in [5.74, 6) is 0.0876. The Kier molecular flexibility index (Phi) is 6.32. The van der Waals surface area contributed by atoms with Crippen molar-refractivity contribution in [3.8, 4) is 5.75 Å². The van der Waals surface area contributed by atoms with Crippen LogP contribution < -0.4 is 14.8 Å². The van der Waals surface area contributed by atoms with Crippen LogP contribution in [0.25, 0.3) is 0 Å². The molecule has 0 fully saturated rings. The molecule has 1 amide bonds. The Bertz CT molecular complexity index is 1170. The third-order valence-corrected chi connectivity index (χ3v) is 6.01. The number of para-hydroxylation sites is 2. The lowest BCUT2D eigenvalue weighted by atomic mass is 10.2. The molecule has 0 saturated heterocycles. The monoisotopic (exact) mass is 450 g/mol. The van der Waals surface area contributed by atoms with Crippen molar-refractivity contribution >= 4 is 50.5 Å². The number of nitrogens with one attached hydrogen (secondary N) is 2. The number of halogens is 2. The molecule has 150 valence electrons. The van der Waals surface area contributed by atoms with E-state index < -0.39 is 15.9 Å². The van der Waals surface area contributed by atoms with Gasteiger partial charge in [-0.05, 0) is 48.5 Å². The summed E-state index contributed by atoms with van der Waals surface area (Å²) in [5.41, 5.74) is 0.957. The minimum atomic E-state index is -4.00. The summed E-state index contributed by atoms with van der Waals surface area (Å²) in [6.45, 7) is 0. The third kappa shape index (κ3) is 5.00. The molecule has 0 aromatic heterocycles. The zero-order chi connectivity index (χ0) is 21.0. The fourth-order valence-electron chi connectivity index (χ4n) is 2.56. The Morgan fingerprint density at radius 3 is 2.48 bits per heavy atom. The molecule has 0 spiro atoms. The quantitative estimate of drug-likeness (QED) is 0.549. The SMILES string of the molecule is COc1ccccc1NC(=O)c1cccc(NS(=O)(=O)c2cc(Cl)ccc2Cl)c1. The zero-order valence-corrected chi connectivity index (χ0v) is 17.5. The van der Waals surface area contributed by atoms with Gasteiger partial charge in [0.05, 0.1) is 17.8 Å². The summed E-state index contributed by atoms with van der Waals surface area (Å²) in [5, 5.41) is 3.01. The maximum atomic E-state index is 12.7. The fourth-order valence-corrected chi connectivity index (χ4v) is 4.37. The molecule has 0 bridgehead atoms. The molecule has 0 aliphatic carbocycles. The van der Waals surface area contributed by atoms with Gasteiger partial charge in [-0.3, -0.25) is 9.52 Å². The summed E-state index contributed by atoms with van der Waals surface area (Å²) in [6.07, 6.45) is 0. The van der Waals surface area contributed by atoms with Gasteiger partial charge in [0.15, 0.2) is 0 Å². The molecule has 29 heavy (non-hydrogen) atoms. The second kappa shape index (κ2) is 8.73. The number of methoxy groups -OCH3 is 1. The molecule has 3 aromatic carbocycles. The molecule has 6 nitrogen and oxygen atoms in total. The Morgan fingerprint density at radius 2 is 1.72 bits per heavy atom. The lowest BCUT2D eigenvalue weighted by molar-refractivity contribution is 0.102. The average Bonchev–Trinajstić information content (AvgIpc) is 2.70. The topological polar surface area (TPSA) is 84.5 Å². The van der Waals surface area contributed by atoms with E-state index in [0.717, 1.165) is 0 Å². The van der Waals surface area contributed by atoms with E-state index >= 15 is 0 Å². The predicted molar refractivity (Wildman–Crippen MR) is 115 cm³/mol. The summed E-state index contributed by atoms with van der Waals surface area (Å²) >= 11 is 11.9. The second-order valence-corrected chi connectivity index (χ2v) is 8.41. The molecule has 0 heterocycles. The first kappa shape index (κ1) is 21.0. The highest BCUT2D eigenvalue weighted by Crippen LogP contribution is 2.28. The fraction of sp³-hybridized carbons (Fsp3) is 0.0500. The molecule has 3 rings (SSSR count). The van der Waals surface area contributed by atoms with Crippen LogP contribution >= 0.6 is 23.2 Å². The molecular formula is C20H16Cl2N2O4S. The van der Waals surface area contributed by atoms with Crippen molar-refractivity contribution in [1.29, 1.82) is 0 Å². The second-order valence-electron chi connectivity index (χ2n) is 5.92. The van der Waals surface area contributed by atoms with E-state index in [9.17, 15) is 13.2 Å². The van der Waals surface area contributed by atoms with Crippen molar-refractivity contribution in [2.24, 2.45) is 0 Å². The maximum Gasteiger partial charge on any atom is 0.263 e. The van der Waals surface area contributed by atoms with E-state index in [1.54, 1.807) is 36.4 Å². The minimum absolute atomic E-state index is 0.0342. The van der Waals surface area contributed by atoms with Gasteiger partial charge in [0.2, 0.25) is 0 Å². The van der Waals surface area contributed by atoms with Crippen LogP contribution in [-0.2, 0) is 10.0 Å². The van der Waals surface area contributed by atoms with Crippen LogP contribution in [0, 0.1) is 0 Å². The molecule has 9 heteroatoms. The van der Waals surface area contributed by atoms with Crippen LogP contribution in [0.2, 0.25) is 10.0 Å². The number of benzene rings is 3. The van der Waals surface area contributed by atoms with Crippen LogP contribution in [0.4, 0.5) is 11.4 Å². The van der Waals surface area contributed by atoms with Gasteiger partial charge in [-0.25, -0.2) is 8.42 Å². The van der Waals surface area contributed by atoms with Crippen molar-refractivity contribution in [3.05, 3.63) is 82.3 Å². The summed E-state index contributed by atoms with van der Waals surface area (Å²) < 4.78 is 32.9. The van der Waals surface area contributed by atoms with Gasteiger partial charge in [-0.15, -0.1) is 0 Å². The summed E-state index contributed by atoms with van der Waals surface area (Å²) in [6, 6.07) is 17.2. The largest absolute Gasteiger partial charge is 0.495 e. The van der Waals surface area contributed by atoms with Gasteiger partial charge in [0, 0.05) is 16.3 Å². The lowest BCUT2D eigenvalue weighted by Crippen LogP contribution is -2.15. The summed E-state index contributed by atoms with van der Waals surface area (Å²) in [7, 11) is -2.50. The van der Waals surface area contributed by atoms with Gasteiger partial charge in [-0.2, -0.15) is 0 Å².